The molecule has 1 aromatic carbocycles. The number of benzene rings is 1. The van der Waals surface area contributed by atoms with Gasteiger partial charge in [-0.2, -0.15) is 0 Å². The van der Waals surface area contributed by atoms with Gasteiger partial charge in [0.05, 0.1) is 0 Å². The molecule has 78 valence electrons. The minimum absolute atomic E-state index is 0.541. The van der Waals surface area contributed by atoms with Crippen LogP contribution in [0.2, 0.25) is 0 Å². The topological polar surface area (TPSA) is 52.5 Å². The normalized spacial score (nSPS) is 11.6. The van der Waals surface area contributed by atoms with Crippen LogP contribution in [0.4, 0.5) is 0 Å². The SMILES string of the molecule is OP(O)(=S)NCCCc1ccccc1. The summed E-state index contributed by atoms with van der Waals surface area (Å²) in [6.45, 7) is -2.66. The van der Waals surface area contributed by atoms with Gasteiger partial charge in [0.1, 0.15) is 0 Å². The zero-order chi connectivity index (χ0) is 10.4. The van der Waals surface area contributed by atoms with Crippen LogP contribution < -0.4 is 5.09 Å². The van der Waals surface area contributed by atoms with Gasteiger partial charge in [-0.1, -0.05) is 30.3 Å². The average Bonchev–Trinajstić information content (AvgIpc) is 2.13. The smallest absolute Gasteiger partial charge is 0.255 e. The van der Waals surface area contributed by atoms with Gasteiger partial charge in [0.25, 0.3) is 6.64 Å². The van der Waals surface area contributed by atoms with E-state index in [1.54, 1.807) is 0 Å². The van der Waals surface area contributed by atoms with Gasteiger partial charge in [-0.25, -0.2) is 5.09 Å². The summed E-state index contributed by atoms with van der Waals surface area (Å²) in [6.07, 6.45) is 1.77. The lowest BCUT2D eigenvalue weighted by Crippen LogP contribution is -2.11. The van der Waals surface area contributed by atoms with Crippen LogP contribution in [0.15, 0.2) is 30.3 Å². The number of nitrogens with one attached hydrogen (secondary N) is 1. The molecular weight excluding hydrogens is 217 g/mol. The van der Waals surface area contributed by atoms with Crippen LogP contribution in [0.25, 0.3) is 0 Å². The fraction of sp³-hybridized carbons (Fsp3) is 0.333. The van der Waals surface area contributed by atoms with Crippen LogP contribution in [-0.2, 0) is 18.2 Å². The Morgan fingerprint density at radius 2 is 1.86 bits per heavy atom. The molecule has 0 saturated carbocycles. The molecule has 0 heterocycles. The van der Waals surface area contributed by atoms with Gasteiger partial charge in [-0.05, 0) is 30.2 Å². The van der Waals surface area contributed by atoms with Crippen molar-refractivity contribution in [3.8, 4) is 0 Å². The third-order valence-corrected chi connectivity index (χ3v) is 2.83. The van der Waals surface area contributed by atoms with E-state index in [9.17, 15) is 0 Å². The molecule has 1 rings (SSSR count). The summed E-state index contributed by atoms with van der Waals surface area (Å²) in [5.74, 6) is 0. The summed E-state index contributed by atoms with van der Waals surface area (Å²) < 4.78 is 0. The molecule has 0 unspecified atom stereocenters. The molecule has 3 N–H and O–H groups in total. The van der Waals surface area contributed by atoms with Crippen molar-refractivity contribution in [2.75, 3.05) is 6.54 Å². The summed E-state index contributed by atoms with van der Waals surface area (Å²) in [5.41, 5.74) is 1.25. The molecule has 0 bridgehead atoms. The summed E-state index contributed by atoms with van der Waals surface area (Å²) in [7, 11) is 0. The number of aryl methyl sites for hydroxylation is 1. The van der Waals surface area contributed by atoms with Crippen molar-refractivity contribution in [3.05, 3.63) is 35.9 Å². The average molecular weight is 231 g/mol. The number of hydrogen-bond acceptors (Lipinski definition) is 1. The van der Waals surface area contributed by atoms with Crippen LogP contribution in [0, 0.1) is 0 Å². The fourth-order valence-corrected chi connectivity index (χ4v) is 1.89. The fourth-order valence-electron chi connectivity index (χ4n) is 1.16. The number of hydrogen-bond donors (Lipinski definition) is 3. The van der Waals surface area contributed by atoms with Crippen molar-refractivity contribution >= 4 is 18.4 Å². The molecule has 0 amide bonds. The molecule has 0 saturated heterocycles. The molecule has 0 aliphatic heterocycles. The van der Waals surface area contributed by atoms with E-state index < -0.39 is 6.64 Å². The summed E-state index contributed by atoms with van der Waals surface area (Å²) >= 11 is 4.43. The Labute approximate surface area is 89.0 Å². The third-order valence-electron chi connectivity index (χ3n) is 1.80. The van der Waals surface area contributed by atoms with Crippen LogP contribution in [0.5, 0.6) is 0 Å². The highest BCUT2D eigenvalue weighted by atomic mass is 32.5. The first-order valence-electron chi connectivity index (χ1n) is 4.42. The van der Waals surface area contributed by atoms with Crippen molar-refractivity contribution in [1.82, 2.24) is 5.09 Å². The predicted octanol–water partition coefficient (Wildman–Crippen LogP) is 1.42. The molecule has 0 radical (unpaired) electrons. The first-order chi connectivity index (χ1) is 6.58. The minimum Gasteiger partial charge on any atom is -0.334 e. The quantitative estimate of drug-likeness (QED) is 0.530. The van der Waals surface area contributed by atoms with Gasteiger partial charge in [0, 0.05) is 6.54 Å². The lowest BCUT2D eigenvalue weighted by atomic mass is 10.1. The van der Waals surface area contributed by atoms with Crippen molar-refractivity contribution in [3.63, 3.8) is 0 Å². The summed E-state index contributed by atoms with van der Waals surface area (Å²) in [4.78, 5) is 17.8. The standard InChI is InChI=1S/C9H14NO2PS/c11-13(12,14)10-8-4-7-9-5-2-1-3-6-9/h1-3,5-6H,4,7-8H2,(H3,10,11,12,14). The van der Waals surface area contributed by atoms with Crippen LogP contribution in [0.3, 0.4) is 0 Å². The van der Waals surface area contributed by atoms with Gasteiger partial charge >= 0.3 is 0 Å². The van der Waals surface area contributed by atoms with Gasteiger partial charge in [-0.15, -0.1) is 0 Å². The Kier molecular flexibility index (Phi) is 4.72. The first-order valence-corrected chi connectivity index (χ1v) is 7.13. The minimum atomic E-state index is -3.20. The molecule has 0 aliphatic carbocycles. The molecule has 0 aliphatic rings. The van der Waals surface area contributed by atoms with E-state index in [0.29, 0.717) is 6.54 Å². The summed E-state index contributed by atoms with van der Waals surface area (Å²) in [5, 5.41) is 2.53. The Morgan fingerprint density at radius 3 is 2.43 bits per heavy atom. The first kappa shape index (κ1) is 11.8. The zero-order valence-corrected chi connectivity index (χ0v) is 9.47. The van der Waals surface area contributed by atoms with E-state index in [2.05, 4.69) is 16.9 Å². The molecule has 0 aromatic heterocycles. The largest absolute Gasteiger partial charge is 0.334 e. The second-order valence-corrected chi connectivity index (χ2v) is 5.97. The maximum Gasteiger partial charge on any atom is 0.255 e. The maximum atomic E-state index is 8.89. The van der Waals surface area contributed by atoms with Crippen molar-refractivity contribution in [2.45, 2.75) is 12.8 Å². The molecule has 0 spiro atoms. The molecule has 14 heavy (non-hydrogen) atoms. The highest BCUT2D eigenvalue weighted by Crippen LogP contribution is 2.28. The van der Waals surface area contributed by atoms with E-state index in [1.165, 1.54) is 5.56 Å². The van der Waals surface area contributed by atoms with E-state index in [0.717, 1.165) is 12.8 Å². The predicted molar refractivity (Wildman–Crippen MR) is 61.5 cm³/mol. The van der Waals surface area contributed by atoms with Gasteiger partial charge in [-0.3, -0.25) is 0 Å². The van der Waals surface area contributed by atoms with E-state index in [4.69, 9.17) is 9.79 Å². The highest BCUT2D eigenvalue weighted by Gasteiger charge is 2.03. The molecule has 0 atom stereocenters. The Balaban J connectivity index is 2.20. The van der Waals surface area contributed by atoms with E-state index in [-0.39, 0.29) is 0 Å². The second kappa shape index (κ2) is 5.59. The van der Waals surface area contributed by atoms with Crippen molar-refractivity contribution < 1.29 is 9.79 Å². The van der Waals surface area contributed by atoms with E-state index >= 15 is 0 Å². The Morgan fingerprint density at radius 1 is 1.21 bits per heavy atom. The van der Waals surface area contributed by atoms with Crippen LogP contribution in [-0.4, -0.2) is 16.3 Å². The second-order valence-electron chi connectivity index (χ2n) is 3.04. The lowest BCUT2D eigenvalue weighted by molar-refractivity contribution is 0.460. The van der Waals surface area contributed by atoms with Crippen molar-refractivity contribution in [2.24, 2.45) is 0 Å². The lowest BCUT2D eigenvalue weighted by Gasteiger charge is -2.08. The molecule has 3 nitrogen and oxygen atoms in total. The third kappa shape index (κ3) is 5.47. The van der Waals surface area contributed by atoms with Gasteiger partial charge in [0.15, 0.2) is 0 Å². The highest BCUT2D eigenvalue weighted by molar-refractivity contribution is 8.08. The van der Waals surface area contributed by atoms with Crippen LogP contribution in [0.1, 0.15) is 12.0 Å². The number of rotatable bonds is 5. The summed E-state index contributed by atoms with van der Waals surface area (Å²) in [6, 6.07) is 10.1. The Bertz CT molecular complexity index is 312. The maximum absolute atomic E-state index is 8.89. The molecular formula is C9H14NO2PS. The molecule has 1 aromatic rings. The monoisotopic (exact) mass is 231 g/mol. The zero-order valence-electron chi connectivity index (χ0n) is 7.76. The molecule has 0 fully saturated rings. The Hall–Kier alpha value is -0.250. The van der Waals surface area contributed by atoms with E-state index in [1.807, 2.05) is 30.3 Å². The molecule has 5 heteroatoms. The van der Waals surface area contributed by atoms with Crippen molar-refractivity contribution in [1.29, 1.82) is 0 Å². The van der Waals surface area contributed by atoms with Crippen LogP contribution >= 0.6 is 6.64 Å². The van der Waals surface area contributed by atoms with Gasteiger partial charge < -0.3 is 9.79 Å². The van der Waals surface area contributed by atoms with Gasteiger partial charge in [0.2, 0.25) is 0 Å².